The molecule has 102 valence electrons. The van der Waals surface area contributed by atoms with Crippen molar-refractivity contribution in [2.45, 2.75) is 19.3 Å². The molecule has 1 aromatic rings. The third kappa shape index (κ3) is 2.49. The molecule has 6 heteroatoms. The fourth-order valence-electron chi connectivity index (χ4n) is 2.05. The van der Waals surface area contributed by atoms with Crippen molar-refractivity contribution in [3.63, 3.8) is 0 Å². The maximum Gasteiger partial charge on any atom is 0.261 e. The summed E-state index contributed by atoms with van der Waals surface area (Å²) >= 11 is 0. The highest BCUT2D eigenvalue weighted by Crippen LogP contribution is 2.25. The average molecular weight is 269 g/mol. The van der Waals surface area contributed by atoms with Gasteiger partial charge in [0, 0.05) is 13.2 Å². The number of carbonyl (C=O) groups is 2. The van der Waals surface area contributed by atoms with Crippen LogP contribution in [0, 0.1) is 11.6 Å². The maximum atomic E-state index is 13.1. The Morgan fingerprint density at radius 3 is 1.95 bits per heavy atom. The van der Waals surface area contributed by atoms with Crippen molar-refractivity contribution in [1.29, 1.82) is 0 Å². The van der Waals surface area contributed by atoms with E-state index < -0.39 is 23.4 Å². The summed E-state index contributed by atoms with van der Waals surface area (Å²) in [4.78, 5) is 24.8. The molecular weight excluding hydrogens is 256 g/mol. The van der Waals surface area contributed by atoms with E-state index >= 15 is 0 Å². The molecule has 1 aliphatic heterocycles. The van der Waals surface area contributed by atoms with Crippen LogP contribution in [0.4, 0.5) is 8.78 Å². The van der Waals surface area contributed by atoms with Gasteiger partial charge in [0.1, 0.15) is 0 Å². The number of benzene rings is 1. The molecule has 1 heterocycles. The molecule has 0 unspecified atom stereocenters. The number of hydrogen-bond acceptors (Lipinski definition) is 3. The van der Waals surface area contributed by atoms with Crippen molar-refractivity contribution >= 4 is 11.8 Å². The normalized spacial score (nSPS) is 14.2. The van der Waals surface area contributed by atoms with Crippen LogP contribution in [-0.2, 0) is 0 Å². The van der Waals surface area contributed by atoms with E-state index in [1.54, 1.807) is 0 Å². The van der Waals surface area contributed by atoms with E-state index in [-0.39, 0.29) is 24.3 Å². The summed E-state index contributed by atoms with van der Waals surface area (Å²) in [5.41, 5.74) is -0.183. The number of nitrogens with zero attached hydrogens (tertiary/aromatic N) is 1. The van der Waals surface area contributed by atoms with Crippen LogP contribution in [0.2, 0.25) is 0 Å². The van der Waals surface area contributed by atoms with Crippen LogP contribution in [0.5, 0.6) is 0 Å². The van der Waals surface area contributed by atoms with Crippen molar-refractivity contribution in [2.75, 3.05) is 13.2 Å². The van der Waals surface area contributed by atoms with Gasteiger partial charge in [-0.2, -0.15) is 0 Å². The van der Waals surface area contributed by atoms with Gasteiger partial charge < -0.3 is 5.11 Å². The summed E-state index contributed by atoms with van der Waals surface area (Å²) in [5.74, 6) is -3.46. The molecule has 0 saturated carbocycles. The second kappa shape index (κ2) is 5.44. The summed E-state index contributed by atoms with van der Waals surface area (Å²) in [6, 6.07) is 1.53. The highest BCUT2D eigenvalue weighted by Gasteiger charge is 2.36. The molecule has 2 amide bonds. The predicted molar refractivity (Wildman–Crippen MR) is 62.7 cm³/mol. The number of hydrogen-bond donors (Lipinski definition) is 1. The third-order valence-electron chi connectivity index (χ3n) is 3.05. The second-order valence-corrected chi connectivity index (χ2v) is 4.36. The molecule has 1 aliphatic rings. The molecule has 1 N–H and O–H groups in total. The topological polar surface area (TPSA) is 57.6 Å². The molecule has 4 nitrogen and oxygen atoms in total. The quantitative estimate of drug-likeness (QED) is 0.654. The maximum absolute atomic E-state index is 13.1. The van der Waals surface area contributed by atoms with Gasteiger partial charge in [-0.1, -0.05) is 0 Å². The Labute approximate surface area is 108 Å². The van der Waals surface area contributed by atoms with Crippen LogP contribution < -0.4 is 0 Å². The minimum atomic E-state index is -1.14. The Balaban J connectivity index is 2.15. The summed E-state index contributed by atoms with van der Waals surface area (Å²) in [7, 11) is 0. The van der Waals surface area contributed by atoms with Crippen LogP contribution in [0.3, 0.4) is 0 Å². The molecule has 0 bridgehead atoms. The van der Waals surface area contributed by atoms with Gasteiger partial charge in [-0.3, -0.25) is 14.5 Å². The molecule has 0 atom stereocenters. The Bertz CT molecular complexity index is 490. The Morgan fingerprint density at radius 1 is 0.947 bits per heavy atom. The van der Waals surface area contributed by atoms with E-state index in [9.17, 15) is 18.4 Å². The SMILES string of the molecule is O=C1c2cc(F)c(F)cc2C(=O)N1CCCCCO. The fraction of sp³-hybridized carbons (Fsp3) is 0.385. The number of amides is 2. The summed E-state index contributed by atoms with van der Waals surface area (Å²) < 4.78 is 26.1. The minimum absolute atomic E-state index is 0.0541. The van der Waals surface area contributed by atoms with E-state index in [0.717, 1.165) is 17.0 Å². The number of carbonyl (C=O) groups excluding carboxylic acids is 2. The molecule has 0 aliphatic carbocycles. The monoisotopic (exact) mass is 269 g/mol. The number of rotatable bonds is 5. The number of imide groups is 1. The zero-order chi connectivity index (χ0) is 14.0. The van der Waals surface area contributed by atoms with Crippen LogP contribution in [0.1, 0.15) is 40.0 Å². The van der Waals surface area contributed by atoms with Gasteiger partial charge >= 0.3 is 0 Å². The molecule has 0 radical (unpaired) electrons. The lowest BCUT2D eigenvalue weighted by atomic mass is 10.1. The first-order valence-electron chi connectivity index (χ1n) is 6.02. The van der Waals surface area contributed by atoms with Gasteiger partial charge in [-0.25, -0.2) is 8.78 Å². The molecule has 0 aromatic heterocycles. The fourth-order valence-corrected chi connectivity index (χ4v) is 2.05. The van der Waals surface area contributed by atoms with E-state index in [1.165, 1.54) is 0 Å². The van der Waals surface area contributed by atoms with Gasteiger partial charge in [0.05, 0.1) is 11.1 Å². The molecule has 19 heavy (non-hydrogen) atoms. The van der Waals surface area contributed by atoms with E-state index in [2.05, 4.69) is 0 Å². The number of halogens is 2. The summed E-state index contributed by atoms with van der Waals surface area (Å²) in [6.07, 6.45) is 1.82. The van der Waals surface area contributed by atoms with Gasteiger partial charge in [-0.15, -0.1) is 0 Å². The van der Waals surface area contributed by atoms with Crippen molar-refractivity contribution in [3.8, 4) is 0 Å². The van der Waals surface area contributed by atoms with Gasteiger partial charge in [0.15, 0.2) is 11.6 Å². The largest absolute Gasteiger partial charge is 0.396 e. The first kappa shape index (κ1) is 13.6. The first-order chi connectivity index (χ1) is 9.06. The number of unbranched alkanes of at least 4 members (excludes halogenated alkanes) is 2. The smallest absolute Gasteiger partial charge is 0.261 e. The van der Waals surface area contributed by atoms with Crippen molar-refractivity contribution < 1.29 is 23.5 Å². The zero-order valence-corrected chi connectivity index (χ0v) is 10.2. The number of aliphatic hydroxyl groups is 1. The minimum Gasteiger partial charge on any atom is -0.396 e. The molecule has 0 fully saturated rings. The van der Waals surface area contributed by atoms with Crippen molar-refractivity contribution in [2.24, 2.45) is 0 Å². The van der Waals surface area contributed by atoms with Crippen molar-refractivity contribution in [3.05, 3.63) is 34.9 Å². The van der Waals surface area contributed by atoms with Crippen LogP contribution in [0.15, 0.2) is 12.1 Å². The van der Waals surface area contributed by atoms with Gasteiger partial charge in [0.2, 0.25) is 0 Å². The molecular formula is C13H13F2NO3. The molecule has 1 aromatic carbocycles. The number of aliphatic hydroxyl groups excluding tert-OH is 1. The lowest BCUT2D eigenvalue weighted by molar-refractivity contribution is 0.0651. The second-order valence-electron chi connectivity index (χ2n) is 4.36. The van der Waals surface area contributed by atoms with E-state index in [4.69, 9.17) is 5.11 Å². The first-order valence-corrected chi connectivity index (χ1v) is 6.02. The Hall–Kier alpha value is -1.82. The van der Waals surface area contributed by atoms with Crippen LogP contribution in [-0.4, -0.2) is 35.0 Å². The summed E-state index contributed by atoms with van der Waals surface area (Å²) in [5, 5.41) is 8.63. The predicted octanol–water partition coefficient (Wildman–Crippen LogP) is 1.72. The lowest BCUT2D eigenvalue weighted by Crippen LogP contribution is -2.30. The standard InChI is InChI=1S/C13H13F2NO3/c14-10-6-8-9(7-11(10)15)13(19)16(12(8)18)4-2-1-3-5-17/h6-7,17H,1-5H2. The molecule has 2 rings (SSSR count). The molecule has 0 saturated heterocycles. The van der Waals surface area contributed by atoms with Crippen LogP contribution in [0.25, 0.3) is 0 Å². The Kier molecular flexibility index (Phi) is 3.90. The van der Waals surface area contributed by atoms with E-state index in [1.807, 2.05) is 0 Å². The van der Waals surface area contributed by atoms with Crippen LogP contribution >= 0.6 is 0 Å². The number of fused-ring (bicyclic) bond motifs is 1. The highest BCUT2D eigenvalue weighted by atomic mass is 19.2. The average Bonchev–Trinajstić information content (AvgIpc) is 2.60. The Morgan fingerprint density at radius 2 is 1.47 bits per heavy atom. The summed E-state index contributed by atoms with van der Waals surface area (Å²) in [6.45, 7) is 0.244. The van der Waals surface area contributed by atoms with E-state index in [0.29, 0.717) is 19.3 Å². The molecule has 0 spiro atoms. The zero-order valence-electron chi connectivity index (χ0n) is 10.2. The lowest BCUT2D eigenvalue weighted by Gasteiger charge is -2.12. The van der Waals surface area contributed by atoms with Crippen molar-refractivity contribution in [1.82, 2.24) is 4.90 Å². The van der Waals surface area contributed by atoms with Gasteiger partial charge in [-0.05, 0) is 31.4 Å². The third-order valence-corrected chi connectivity index (χ3v) is 3.05. The highest BCUT2D eigenvalue weighted by molar-refractivity contribution is 6.21. The van der Waals surface area contributed by atoms with Gasteiger partial charge in [0.25, 0.3) is 11.8 Å².